The highest BCUT2D eigenvalue weighted by atomic mass is 16.2. The number of fused-ring (bicyclic) bond motifs is 1. The molecule has 0 aliphatic carbocycles. The molecule has 182 valence electrons. The summed E-state index contributed by atoms with van der Waals surface area (Å²) >= 11 is 0. The van der Waals surface area contributed by atoms with Gasteiger partial charge >= 0.3 is 0 Å². The second-order valence-corrected chi connectivity index (χ2v) is 9.30. The van der Waals surface area contributed by atoms with E-state index in [9.17, 15) is 9.59 Å². The van der Waals surface area contributed by atoms with Crippen LogP contribution in [0.15, 0.2) is 42.6 Å². The molecule has 0 radical (unpaired) electrons. The highest BCUT2D eigenvalue weighted by Gasteiger charge is 2.22. The van der Waals surface area contributed by atoms with Gasteiger partial charge in [-0.05, 0) is 49.6 Å². The van der Waals surface area contributed by atoms with Crippen LogP contribution < -0.4 is 16.0 Å². The molecule has 0 saturated carbocycles. The third kappa shape index (κ3) is 6.33. The van der Waals surface area contributed by atoms with E-state index in [0.717, 1.165) is 52.0 Å². The lowest BCUT2D eigenvalue weighted by molar-refractivity contribution is -0.129. The molecule has 0 spiro atoms. The van der Waals surface area contributed by atoms with Crippen LogP contribution in [0.5, 0.6) is 0 Å². The molecule has 2 amide bonds. The predicted octanol–water partition coefficient (Wildman–Crippen LogP) is 1.88. The number of piperidine rings is 1. The number of hydrogen-bond acceptors (Lipinski definition) is 6. The zero-order valence-electron chi connectivity index (χ0n) is 20.2. The number of nitrogens with zero attached hydrogens (tertiary/aromatic N) is 3. The van der Waals surface area contributed by atoms with Gasteiger partial charge in [0.05, 0.1) is 0 Å². The van der Waals surface area contributed by atoms with Crippen molar-refractivity contribution in [2.24, 2.45) is 0 Å². The van der Waals surface area contributed by atoms with Crippen LogP contribution in [0.4, 0.5) is 5.82 Å². The van der Waals surface area contributed by atoms with Gasteiger partial charge in [-0.25, -0.2) is 4.98 Å². The summed E-state index contributed by atoms with van der Waals surface area (Å²) in [6, 6.07) is 12.6. The molecule has 1 unspecified atom stereocenters. The molecule has 1 fully saturated rings. The Labute approximate surface area is 202 Å². The normalized spacial score (nSPS) is 17.6. The van der Waals surface area contributed by atoms with Gasteiger partial charge in [0.25, 0.3) is 5.91 Å². The van der Waals surface area contributed by atoms with Gasteiger partial charge in [0.2, 0.25) is 5.91 Å². The smallest absolute Gasteiger partial charge is 0.251 e. The minimum absolute atomic E-state index is 0.0962. The fraction of sp³-hybridized carbons (Fsp3) is 0.500. The quantitative estimate of drug-likeness (QED) is 0.553. The van der Waals surface area contributed by atoms with Crippen molar-refractivity contribution < 1.29 is 9.59 Å². The van der Waals surface area contributed by atoms with Crippen LogP contribution >= 0.6 is 0 Å². The third-order valence-corrected chi connectivity index (χ3v) is 6.92. The van der Waals surface area contributed by atoms with Crippen molar-refractivity contribution in [3.63, 3.8) is 0 Å². The first kappa shape index (κ1) is 24.2. The fourth-order valence-electron chi connectivity index (χ4n) is 4.80. The minimum atomic E-state index is -0.0962. The Hall–Kier alpha value is -2.97. The van der Waals surface area contributed by atoms with Crippen molar-refractivity contribution in [3.8, 4) is 0 Å². The maximum atomic E-state index is 12.8. The average Bonchev–Trinajstić information content (AvgIpc) is 2.86. The topological polar surface area (TPSA) is 89.6 Å². The molecule has 4 rings (SSSR count). The zero-order chi connectivity index (χ0) is 23.9. The molecule has 8 nitrogen and oxygen atoms in total. The highest BCUT2D eigenvalue weighted by molar-refractivity contribution is 5.94. The molecule has 2 aliphatic rings. The van der Waals surface area contributed by atoms with E-state index in [4.69, 9.17) is 0 Å². The molecule has 3 N–H and O–H groups in total. The molecule has 1 saturated heterocycles. The highest BCUT2D eigenvalue weighted by Crippen LogP contribution is 2.19. The van der Waals surface area contributed by atoms with Gasteiger partial charge in [0, 0.05) is 70.0 Å². The number of carbonyl (C=O) groups is 2. The Morgan fingerprint density at radius 1 is 1.12 bits per heavy atom. The van der Waals surface area contributed by atoms with Gasteiger partial charge in [-0.3, -0.25) is 14.5 Å². The molecule has 0 bridgehead atoms. The fourth-order valence-corrected chi connectivity index (χ4v) is 4.80. The first-order valence-electron chi connectivity index (χ1n) is 12.2. The molecule has 2 aromatic rings. The third-order valence-electron chi connectivity index (χ3n) is 6.92. The molecule has 3 heterocycles. The van der Waals surface area contributed by atoms with Gasteiger partial charge < -0.3 is 20.9 Å². The van der Waals surface area contributed by atoms with Crippen LogP contribution in [-0.2, 0) is 17.8 Å². The number of pyridine rings is 1. The summed E-state index contributed by atoms with van der Waals surface area (Å²) in [6.07, 6.45) is 4.49. The summed E-state index contributed by atoms with van der Waals surface area (Å²) in [4.78, 5) is 33.1. The molecule has 8 heteroatoms. The summed E-state index contributed by atoms with van der Waals surface area (Å²) in [5.74, 6) is 0.729. The number of nitrogens with one attached hydrogen (secondary N) is 3. The van der Waals surface area contributed by atoms with E-state index in [-0.39, 0.29) is 23.9 Å². The number of likely N-dealkylation sites (tertiary alicyclic amines) is 1. The number of likely N-dealkylation sites (N-methyl/N-ethyl adjacent to an activating group) is 1. The van der Waals surface area contributed by atoms with Crippen LogP contribution in [0.3, 0.4) is 0 Å². The monoisotopic (exact) mass is 464 g/mol. The molecular formula is C26H36N6O2. The van der Waals surface area contributed by atoms with Crippen molar-refractivity contribution in [2.75, 3.05) is 45.1 Å². The second kappa shape index (κ2) is 11.4. The molecule has 1 aromatic heterocycles. The van der Waals surface area contributed by atoms with Crippen LogP contribution in [-0.4, -0.2) is 78.5 Å². The van der Waals surface area contributed by atoms with Gasteiger partial charge in [-0.2, -0.15) is 0 Å². The number of benzene rings is 1. The van der Waals surface area contributed by atoms with Crippen molar-refractivity contribution >= 4 is 17.6 Å². The lowest BCUT2D eigenvalue weighted by Gasteiger charge is -2.32. The zero-order valence-corrected chi connectivity index (χ0v) is 20.2. The van der Waals surface area contributed by atoms with Crippen molar-refractivity contribution in [3.05, 3.63) is 59.3 Å². The standard InChI is InChI=1S/C26H36N6O2/c1-19(33)32-13-9-23(10-14-32)30-25-15-21(7-11-28-25)26(34)29-16-24(27-2)18-31-12-8-20-5-3-4-6-22(20)17-31/h3-7,11,15,23-24,27H,8-10,12-14,16-18H2,1-2H3,(H,28,30)(H,29,34). The summed E-state index contributed by atoms with van der Waals surface area (Å²) in [6.45, 7) is 6.54. The largest absolute Gasteiger partial charge is 0.367 e. The van der Waals surface area contributed by atoms with Crippen LogP contribution in [0.1, 0.15) is 41.3 Å². The molecular weight excluding hydrogens is 428 g/mol. The summed E-state index contributed by atoms with van der Waals surface area (Å²) in [5, 5.41) is 9.85. The molecule has 34 heavy (non-hydrogen) atoms. The summed E-state index contributed by atoms with van der Waals surface area (Å²) in [7, 11) is 1.95. The lowest BCUT2D eigenvalue weighted by atomic mass is 9.99. The van der Waals surface area contributed by atoms with Crippen molar-refractivity contribution in [1.82, 2.24) is 25.4 Å². The SMILES string of the molecule is CNC(CNC(=O)c1ccnc(NC2CCN(C(C)=O)CC2)c1)CN1CCc2ccccc2C1. The van der Waals surface area contributed by atoms with E-state index in [2.05, 4.69) is 50.1 Å². The van der Waals surface area contributed by atoms with E-state index in [1.807, 2.05) is 18.0 Å². The van der Waals surface area contributed by atoms with Gasteiger partial charge in [0.1, 0.15) is 5.82 Å². The van der Waals surface area contributed by atoms with Gasteiger partial charge in [-0.15, -0.1) is 0 Å². The Morgan fingerprint density at radius 2 is 1.88 bits per heavy atom. The van der Waals surface area contributed by atoms with E-state index in [0.29, 0.717) is 17.9 Å². The van der Waals surface area contributed by atoms with Crippen LogP contribution in [0.2, 0.25) is 0 Å². The maximum Gasteiger partial charge on any atom is 0.251 e. The maximum absolute atomic E-state index is 12.8. The van der Waals surface area contributed by atoms with Crippen LogP contribution in [0, 0.1) is 0 Å². The summed E-state index contributed by atoms with van der Waals surface area (Å²) < 4.78 is 0. The van der Waals surface area contributed by atoms with Crippen molar-refractivity contribution in [1.29, 1.82) is 0 Å². The first-order valence-corrected chi connectivity index (χ1v) is 12.2. The van der Waals surface area contributed by atoms with Gasteiger partial charge in [0.15, 0.2) is 0 Å². The predicted molar refractivity (Wildman–Crippen MR) is 134 cm³/mol. The Bertz CT molecular complexity index is 989. The first-order chi connectivity index (χ1) is 16.5. The molecule has 1 aromatic carbocycles. The number of carbonyl (C=O) groups excluding carboxylic acids is 2. The molecule has 2 aliphatic heterocycles. The number of hydrogen-bond donors (Lipinski definition) is 3. The van der Waals surface area contributed by atoms with Gasteiger partial charge in [-0.1, -0.05) is 24.3 Å². The number of aromatic nitrogens is 1. The second-order valence-electron chi connectivity index (χ2n) is 9.30. The van der Waals surface area contributed by atoms with E-state index >= 15 is 0 Å². The average molecular weight is 465 g/mol. The number of anilines is 1. The van der Waals surface area contributed by atoms with E-state index in [1.165, 1.54) is 11.1 Å². The minimum Gasteiger partial charge on any atom is -0.367 e. The number of amides is 2. The Kier molecular flexibility index (Phi) is 8.13. The summed E-state index contributed by atoms with van der Waals surface area (Å²) in [5.41, 5.74) is 3.44. The molecule has 1 atom stereocenters. The lowest BCUT2D eigenvalue weighted by Crippen LogP contribution is -2.47. The van der Waals surface area contributed by atoms with E-state index < -0.39 is 0 Å². The Balaban J connectivity index is 1.26. The van der Waals surface area contributed by atoms with E-state index in [1.54, 1.807) is 19.2 Å². The van der Waals surface area contributed by atoms with Crippen molar-refractivity contribution in [2.45, 2.75) is 44.8 Å². The Morgan fingerprint density at radius 3 is 2.62 bits per heavy atom. The number of rotatable bonds is 8. The van der Waals surface area contributed by atoms with Crippen LogP contribution in [0.25, 0.3) is 0 Å².